The predicted molar refractivity (Wildman–Crippen MR) is 122 cm³/mol. The summed E-state index contributed by atoms with van der Waals surface area (Å²) in [7, 11) is 4.09. The first-order chi connectivity index (χ1) is 15.1. The molecule has 0 spiro atoms. The number of nitrogens with one attached hydrogen (secondary N) is 1. The number of fused-ring (bicyclic) bond motifs is 1. The fourth-order valence-electron chi connectivity index (χ4n) is 4.77. The third-order valence-electron chi connectivity index (χ3n) is 6.50. The van der Waals surface area contributed by atoms with E-state index in [9.17, 15) is 9.59 Å². The van der Waals surface area contributed by atoms with E-state index in [1.807, 2.05) is 32.0 Å². The standard InChI is InChI=1S/C24H35N5O3/c1-15-20-18(12-19(16-6-7-16)26-22(20)32-27-15)23(31)29-10-8-17(9-11-29)21(30)25-13-24(2,3)14-28(4)5/h12,16-17H,6-11,13-14H2,1-5H3,(H,25,30). The quantitative estimate of drug-likeness (QED) is 0.710. The second kappa shape index (κ2) is 8.81. The molecule has 2 amide bonds. The number of amides is 2. The van der Waals surface area contributed by atoms with E-state index < -0.39 is 0 Å². The van der Waals surface area contributed by atoms with Crippen molar-refractivity contribution >= 4 is 22.9 Å². The maximum atomic E-state index is 13.4. The van der Waals surface area contributed by atoms with Crippen molar-refractivity contribution in [1.82, 2.24) is 25.3 Å². The van der Waals surface area contributed by atoms with Crippen LogP contribution in [0.4, 0.5) is 0 Å². The second-order valence-electron chi connectivity index (χ2n) is 10.5. The summed E-state index contributed by atoms with van der Waals surface area (Å²) in [5, 5.41) is 7.88. The molecule has 1 aliphatic carbocycles. The SMILES string of the molecule is Cc1noc2nc(C3CC3)cc(C(=O)N3CCC(C(=O)NCC(C)(C)CN(C)C)CC3)c12. The smallest absolute Gasteiger partial charge is 0.259 e. The summed E-state index contributed by atoms with van der Waals surface area (Å²) in [5.74, 6) is 0.450. The minimum absolute atomic E-state index is 0.0122. The monoisotopic (exact) mass is 441 g/mol. The fourth-order valence-corrected chi connectivity index (χ4v) is 4.77. The van der Waals surface area contributed by atoms with Gasteiger partial charge in [0.2, 0.25) is 5.91 Å². The van der Waals surface area contributed by atoms with E-state index in [2.05, 4.69) is 34.2 Å². The van der Waals surface area contributed by atoms with E-state index in [-0.39, 0.29) is 23.1 Å². The van der Waals surface area contributed by atoms with Gasteiger partial charge in [0, 0.05) is 43.7 Å². The number of pyridine rings is 1. The third kappa shape index (κ3) is 4.95. The zero-order valence-corrected chi connectivity index (χ0v) is 19.9. The number of carbonyl (C=O) groups excluding carboxylic acids is 2. The first kappa shape index (κ1) is 22.7. The molecule has 0 radical (unpaired) electrons. The summed E-state index contributed by atoms with van der Waals surface area (Å²) < 4.78 is 5.38. The molecule has 2 fully saturated rings. The van der Waals surface area contributed by atoms with Crippen molar-refractivity contribution in [3.8, 4) is 0 Å². The molecular formula is C24H35N5O3. The highest BCUT2D eigenvalue weighted by atomic mass is 16.5. The van der Waals surface area contributed by atoms with Gasteiger partial charge >= 0.3 is 0 Å². The molecule has 3 heterocycles. The van der Waals surface area contributed by atoms with Gasteiger partial charge in [-0.15, -0.1) is 0 Å². The second-order valence-corrected chi connectivity index (χ2v) is 10.5. The van der Waals surface area contributed by atoms with Crippen molar-refractivity contribution in [2.75, 3.05) is 40.3 Å². The van der Waals surface area contributed by atoms with E-state index in [4.69, 9.17) is 4.52 Å². The Bertz CT molecular complexity index is 1000. The van der Waals surface area contributed by atoms with Crippen LogP contribution >= 0.6 is 0 Å². The molecule has 32 heavy (non-hydrogen) atoms. The lowest BCUT2D eigenvalue weighted by molar-refractivity contribution is -0.126. The van der Waals surface area contributed by atoms with Crippen LogP contribution in [-0.2, 0) is 4.79 Å². The number of piperidine rings is 1. The fraction of sp³-hybridized carbons (Fsp3) is 0.667. The topological polar surface area (TPSA) is 91.6 Å². The molecule has 0 unspecified atom stereocenters. The van der Waals surface area contributed by atoms with Crippen LogP contribution in [0.2, 0.25) is 0 Å². The Balaban J connectivity index is 1.39. The van der Waals surface area contributed by atoms with Crippen LogP contribution in [0.5, 0.6) is 0 Å². The Kier molecular flexibility index (Phi) is 6.25. The number of nitrogens with zero attached hydrogens (tertiary/aromatic N) is 4. The minimum atomic E-state index is -0.0500. The highest BCUT2D eigenvalue weighted by molar-refractivity contribution is 6.06. The summed E-state index contributed by atoms with van der Waals surface area (Å²) in [6.45, 7) is 8.87. The van der Waals surface area contributed by atoms with Crippen LogP contribution in [0.3, 0.4) is 0 Å². The molecule has 8 heteroatoms. The zero-order valence-electron chi connectivity index (χ0n) is 19.9. The molecule has 1 N–H and O–H groups in total. The van der Waals surface area contributed by atoms with Gasteiger partial charge in [-0.25, -0.2) is 4.98 Å². The molecule has 1 saturated heterocycles. The highest BCUT2D eigenvalue weighted by Gasteiger charge is 2.32. The van der Waals surface area contributed by atoms with Crippen molar-refractivity contribution in [3.05, 3.63) is 23.0 Å². The van der Waals surface area contributed by atoms with Crippen LogP contribution in [0, 0.1) is 18.3 Å². The van der Waals surface area contributed by atoms with Gasteiger partial charge in [0.1, 0.15) is 0 Å². The maximum absolute atomic E-state index is 13.4. The van der Waals surface area contributed by atoms with Crippen LogP contribution in [0.25, 0.3) is 11.1 Å². The van der Waals surface area contributed by atoms with Gasteiger partial charge in [0.25, 0.3) is 11.6 Å². The van der Waals surface area contributed by atoms with Gasteiger partial charge in [-0.1, -0.05) is 19.0 Å². The zero-order chi connectivity index (χ0) is 23.0. The normalized spacial score (nSPS) is 17.9. The van der Waals surface area contributed by atoms with E-state index in [1.165, 1.54) is 0 Å². The summed E-state index contributed by atoms with van der Waals surface area (Å²) in [6.07, 6.45) is 3.56. The number of hydrogen-bond donors (Lipinski definition) is 1. The van der Waals surface area contributed by atoms with Crippen molar-refractivity contribution in [1.29, 1.82) is 0 Å². The van der Waals surface area contributed by atoms with Gasteiger partial charge in [-0.2, -0.15) is 0 Å². The molecule has 1 saturated carbocycles. The van der Waals surface area contributed by atoms with E-state index in [1.54, 1.807) is 0 Å². The Labute approximate surface area is 189 Å². The molecule has 0 aromatic carbocycles. The highest BCUT2D eigenvalue weighted by Crippen LogP contribution is 2.40. The summed E-state index contributed by atoms with van der Waals surface area (Å²) in [5.41, 5.74) is 2.70. The van der Waals surface area contributed by atoms with Gasteiger partial charge in [-0.3, -0.25) is 9.59 Å². The first-order valence-corrected chi connectivity index (χ1v) is 11.6. The van der Waals surface area contributed by atoms with Gasteiger partial charge < -0.3 is 19.6 Å². The van der Waals surface area contributed by atoms with Gasteiger partial charge in [0.15, 0.2) is 0 Å². The number of carbonyl (C=O) groups is 2. The molecule has 1 aliphatic heterocycles. The number of rotatable bonds is 7. The lowest BCUT2D eigenvalue weighted by Crippen LogP contribution is -2.46. The molecule has 8 nitrogen and oxygen atoms in total. The molecule has 0 bridgehead atoms. The Morgan fingerprint density at radius 3 is 2.53 bits per heavy atom. The molecule has 2 aromatic rings. The van der Waals surface area contributed by atoms with Crippen molar-refractivity contribution in [2.24, 2.45) is 11.3 Å². The lowest BCUT2D eigenvalue weighted by Gasteiger charge is -2.33. The summed E-state index contributed by atoms with van der Waals surface area (Å²) in [6, 6.07) is 1.93. The Hall–Kier alpha value is -2.48. The van der Waals surface area contributed by atoms with Crippen molar-refractivity contribution in [2.45, 2.75) is 52.4 Å². The summed E-state index contributed by atoms with van der Waals surface area (Å²) >= 11 is 0. The van der Waals surface area contributed by atoms with Crippen molar-refractivity contribution in [3.63, 3.8) is 0 Å². The van der Waals surface area contributed by atoms with Gasteiger partial charge in [-0.05, 0) is 58.2 Å². The Morgan fingerprint density at radius 2 is 1.91 bits per heavy atom. The molecule has 2 aliphatic rings. The van der Waals surface area contributed by atoms with Crippen LogP contribution in [0.1, 0.15) is 67.2 Å². The summed E-state index contributed by atoms with van der Waals surface area (Å²) in [4.78, 5) is 34.7. The number of hydrogen-bond acceptors (Lipinski definition) is 6. The third-order valence-corrected chi connectivity index (χ3v) is 6.50. The van der Waals surface area contributed by atoms with Crippen LogP contribution in [-0.4, -0.2) is 72.0 Å². The van der Waals surface area contributed by atoms with E-state index in [0.29, 0.717) is 60.8 Å². The first-order valence-electron chi connectivity index (χ1n) is 11.6. The number of likely N-dealkylation sites (tertiary alicyclic amines) is 1. The maximum Gasteiger partial charge on any atom is 0.259 e. The van der Waals surface area contributed by atoms with E-state index >= 15 is 0 Å². The van der Waals surface area contributed by atoms with E-state index in [0.717, 1.165) is 25.1 Å². The molecule has 0 atom stereocenters. The minimum Gasteiger partial charge on any atom is -0.355 e. The Morgan fingerprint density at radius 1 is 1.22 bits per heavy atom. The van der Waals surface area contributed by atoms with Crippen molar-refractivity contribution < 1.29 is 14.1 Å². The largest absolute Gasteiger partial charge is 0.355 e. The molecule has 2 aromatic heterocycles. The average Bonchev–Trinajstić information content (AvgIpc) is 3.53. The predicted octanol–water partition coefficient (Wildman–Crippen LogP) is 2.96. The molecule has 174 valence electrons. The van der Waals surface area contributed by atoms with Crippen LogP contribution in [0.15, 0.2) is 10.6 Å². The number of aryl methyl sites for hydroxylation is 1. The van der Waals surface area contributed by atoms with Gasteiger partial charge in [0.05, 0.1) is 16.6 Å². The molecule has 4 rings (SSSR count). The lowest BCUT2D eigenvalue weighted by atomic mass is 9.91. The van der Waals surface area contributed by atoms with Crippen LogP contribution < -0.4 is 5.32 Å². The molecular weight excluding hydrogens is 406 g/mol. The average molecular weight is 442 g/mol. The number of aromatic nitrogens is 2.